The number of aryl methyl sites for hydroxylation is 1. The van der Waals surface area contributed by atoms with E-state index in [0.717, 1.165) is 99.3 Å². The third kappa shape index (κ3) is 9.88. The van der Waals surface area contributed by atoms with Gasteiger partial charge in [-0.25, -0.2) is 0 Å². The average molecular weight is 986 g/mol. The van der Waals surface area contributed by atoms with Crippen molar-refractivity contribution in [3.05, 3.63) is 114 Å². The molecule has 5 saturated carbocycles. The maximum absolute atomic E-state index is 11.4. The van der Waals surface area contributed by atoms with Gasteiger partial charge in [-0.05, 0) is 191 Å². The van der Waals surface area contributed by atoms with E-state index in [2.05, 4.69) is 73.8 Å². The largest absolute Gasteiger partial charge is 0.508 e. The lowest BCUT2D eigenvalue weighted by Gasteiger charge is -2.59. The Hall–Kier alpha value is -3.41. The van der Waals surface area contributed by atoms with Crippen LogP contribution in [0, 0.1) is 46.3 Å². The van der Waals surface area contributed by atoms with E-state index in [1.165, 1.54) is 59.9 Å². The van der Waals surface area contributed by atoms with Crippen LogP contribution in [0.25, 0.3) is 10.8 Å². The minimum Gasteiger partial charge on any atom is -0.508 e. The minimum atomic E-state index is -0.712. The van der Waals surface area contributed by atoms with Gasteiger partial charge >= 0.3 is 0 Å². The highest BCUT2D eigenvalue weighted by molar-refractivity contribution is 8.76. The lowest BCUT2D eigenvalue weighted by atomic mass is 9.45. The quantitative estimate of drug-likeness (QED) is 0.0664. The number of aromatic hydroxyl groups is 1. The first-order valence-corrected chi connectivity index (χ1v) is 29.6. The minimum absolute atomic E-state index is 0.0817. The van der Waals surface area contributed by atoms with Crippen molar-refractivity contribution in [2.45, 2.75) is 171 Å². The van der Waals surface area contributed by atoms with Crippen molar-refractivity contribution in [2.75, 3.05) is 12.3 Å². The molecule has 0 bridgehead atoms. The summed E-state index contributed by atoms with van der Waals surface area (Å²) in [4.78, 5) is 5.18. The number of hydrogen-bond donors (Lipinski definition) is 5. The number of fused-ring (bicyclic) bond motifs is 5. The first kappa shape index (κ1) is 48.8. The SMILES string of the molecule is C=C1C[C@@]2(CC[C@@H](CC[C@]3(O)CCC[C@H](O)C3)C2)[C@@H]2O[C@]2(C)CC[C@@H]2[C@@H]1C[C@]2(C)[C@H]1C[C@H]([C@H]2CSSCc3ccccc3CC[C@@H](c3cccc4cocc34)CN=C(N)N2)C[C@@H]1Cc1ccc(O)cc1. The molecule has 5 aliphatic carbocycles. The Kier molecular flexibility index (Phi) is 13.8. The molecule has 1 aromatic heterocycles. The Labute approximate surface area is 425 Å². The second-order valence-corrected chi connectivity index (χ2v) is 26.8. The summed E-state index contributed by atoms with van der Waals surface area (Å²) in [5, 5.41) is 38.3. The monoisotopic (exact) mass is 986 g/mol. The van der Waals surface area contributed by atoms with Crippen molar-refractivity contribution in [3.63, 3.8) is 0 Å². The maximum Gasteiger partial charge on any atom is 0.188 e. The number of nitrogens with one attached hydrogen (secondary N) is 1. The van der Waals surface area contributed by atoms with Crippen molar-refractivity contribution in [2.24, 2.45) is 57.1 Å². The fourth-order valence-corrected chi connectivity index (χ4v) is 18.6. The summed E-state index contributed by atoms with van der Waals surface area (Å²) < 4.78 is 12.6. The molecule has 1 spiro atoms. The van der Waals surface area contributed by atoms with E-state index in [-0.39, 0.29) is 40.6 Å². The highest BCUT2D eigenvalue weighted by atomic mass is 33.1. The molecule has 0 amide bonds. The Morgan fingerprint density at radius 1 is 0.886 bits per heavy atom. The summed E-state index contributed by atoms with van der Waals surface area (Å²) in [6, 6.07) is 23.7. The third-order valence-corrected chi connectivity index (χ3v) is 22.2. The second-order valence-electron chi connectivity index (χ2n) is 24.3. The number of phenols is 1. The Morgan fingerprint density at radius 2 is 1.73 bits per heavy atom. The molecule has 0 unspecified atom stereocenters. The van der Waals surface area contributed by atoms with Gasteiger partial charge in [0.1, 0.15) is 5.75 Å². The van der Waals surface area contributed by atoms with Crippen molar-refractivity contribution < 1.29 is 24.5 Å². The molecule has 8 nitrogen and oxygen atoms in total. The maximum atomic E-state index is 11.4. The van der Waals surface area contributed by atoms with E-state index >= 15 is 0 Å². The standard InChI is InChI=1S/C60H79N3O5S2/c1-38-29-59(24-19-40(30-59)20-25-60(66)22-7-11-48(65)31-60)55-58(3,68-55)23-21-52-50(38)32-57(52,2)53-28-46(27-45(53)26-39-13-17-47(64)18-14-39)54-37-70-69-36-44-9-5-4-8-41(44)15-16-42(33-62-56(61)63-54)49-12-6-10-43-34-67-35-51(43)49/h4-6,8-10,12-14,17-18,34-35,40,42,45-46,48,50,52-55,64-66H,1,7,11,15-16,19-33,36-37H2,2-3H3,(H3,61,62,63)/t40-,42+,45-,46+,48-,50+,52+,53-,54+,55+,57-,58+,59+,60+/m0/s1. The number of nitrogens with zero attached hydrogens (tertiary/aromatic N) is 1. The van der Waals surface area contributed by atoms with E-state index in [1.54, 1.807) is 0 Å². The van der Waals surface area contributed by atoms with Crippen LogP contribution in [0.4, 0.5) is 0 Å². The first-order valence-electron chi connectivity index (χ1n) is 27.1. The van der Waals surface area contributed by atoms with Gasteiger partial charge in [-0.2, -0.15) is 0 Å². The molecule has 7 aliphatic rings. The molecule has 6 fully saturated rings. The Bertz CT molecular complexity index is 2530. The molecule has 70 heavy (non-hydrogen) atoms. The Balaban J connectivity index is 0.836. The van der Waals surface area contributed by atoms with E-state index < -0.39 is 5.60 Å². The molecule has 10 heteroatoms. The number of nitrogens with two attached hydrogens (primary N) is 1. The number of allylic oxidation sites excluding steroid dienone is 1. The molecule has 14 atom stereocenters. The summed E-state index contributed by atoms with van der Waals surface area (Å²) in [6.45, 7) is 10.7. The van der Waals surface area contributed by atoms with Crippen LogP contribution >= 0.6 is 21.6 Å². The molecule has 6 N–H and O–H groups in total. The van der Waals surface area contributed by atoms with Crippen molar-refractivity contribution >= 4 is 38.3 Å². The molecule has 376 valence electrons. The number of aliphatic hydroxyl groups is 2. The van der Waals surface area contributed by atoms with Crippen molar-refractivity contribution in [3.8, 4) is 5.75 Å². The number of hydrogen-bond acceptors (Lipinski definition) is 10. The van der Waals surface area contributed by atoms with Crippen LogP contribution in [0.5, 0.6) is 5.75 Å². The van der Waals surface area contributed by atoms with Gasteiger partial charge in [-0.3, -0.25) is 4.99 Å². The number of furan rings is 1. The zero-order chi connectivity index (χ0) is 48.3. The van der Waals surface area contributed by atoms with Gasteiger partial charge in [0.25, 0.3) is 0 Å². The number of phenolic OH excluding ortho intramolecular Hbond substituents is 1. The summed E-state index contributed by atoms with van der Waals surface area (Å²) in [5.41, 5.74) is 13.4. The average Bonchev–Trinajstić information content (AvgIpc) is 3.73. The number of epoxide rings is 1. The van der Waals surface area contributed by atoms with Crippen LogP contribution in [-0.2, 0) is 23.3 Å². The number of guanidine groups is 1. The predicted octanol–water partition coefficient (Wildman–Crippen LogP) is 12.7. The summed E-state index contributed by atoms with van der Waals surface area (Å²) in [6.07, 6.45) is 22.0. The summed E-state index contributed by atoms with van der Waals surface area (Å²) in [5.74, 6) is 6.15. The molecule has 4 aromatic rings. The smallest absolute Gasteiger partial charge is 0.188 e. The number of aliphatic imine (C=N–C) groups is 1. The van der Waals surface area contributed by atoms with Crippen LogP contribution in [0.3, 0.4) is 0 Å². The molecule has 0 radical (unpaired) electrons. The Morgan fingerprint density at radius 3 is 2.57 bits per heavy atom. The third-order valence-electron chi connectivity index (χ3n) is 19.9. The van der Waals surface area contributed by atoms with E-state index in [9.17, 15) is 15.3 Å². The van der Waals surface area contributed by atoms with Gasteiger partial charge in [-0.15, -0.1) is 0 Å². The molecule has 11 rings (SSSR count). The fraction of sp³-hybridized carbons (Fsp3) is 0.617. The lowest BCUT2D eigenvalue weighted by Crippen LogP contribution is -2.52. The van der Waals surface area contributed by atoms with Crippen LogP contribution < -0.4 is 11.1 Å². The fourth-order valence-electron chi connectivity index (χ4n) is 16.1. The molecule has 1 saturated heterocycles. The number of aliphatic hydroxyl groups excluding tert-OH is 1. The van der Waals surface area contributed by atoms with Crippen LogP contribution in [0.15, 0.2) is 101 Å². The van der Waals surface area contributed by atoms with E-state index in [4.69, 9.17) is 26.5 Å². The second kappa shape index (κ2) is 19.8. The number of benzene rings is 3. The van der Waals surface area contributed by atoms with Crippen LogP contribution in [0.2, 0.25) is 0 Å². The van der Waals surface area contributed by atoms with Crippen LogP contribution in [0.1, 0.15) is 145 Å². The van der Waals surface area contributed by atoms with Gasteiger partial charge in [0, 0.05) is 52.6 Å². The molecule has 2 aliphatic heterocycles. The normalized spacial score (nSPS) is 39.3. The molecule has 3 aromatic carbocycles. The highest BCUT2D eigenvalue weighted by Gasteiger charge is 2.67. The number of ether oxygens (including phenoxy) is 1. The van der Waals surface area contributed by atoms with Gasteiger partial charge in [0.2, 0.25) is 0 Å². The lowest BCUT2D eigenvalue weighted by molar-refractivity contribution is -0.0830. The molecular weight excluding hydrogens is 907 g/mol. The van der Waals surface area contributed by atoms with Crippen LogP contribution in [-0.4, -0.2) is 63.0 Å². The summed E-state index contributed by atoms with van der Waals surface area (Å²) >= 11 is 0. The van der Waals surface area contributed by atoms with Crippen molar-refractivity contribution in [1.29, 1.82) is 0 Å². The first-order chi connectivity index (χ1) is 33.8. The zero-order valence-electron chi connectivity index (χ0n) is 41.8. The van der Waals surface area contributed by atoms with Crippen molar-refractivity contribution in [1.82, 2.24) is 5.32 Å². The predicted molar refractivity (Wildman–Crippen MR) is 287 cm³/mol. The van der Waals surface area contributed by atoms with Gasteiger partial charge in [0.05, 0.1) is 35.9 Å². The van der Waals surface area contributed by atoms with E-state index in [1.807, 2.05) is 46.2 Å². The topological polar surface area (TPSA) is 137 Å². The van der Waals surface area contributed by atoms with E-state index in [0.29, 0.717) is 60.2 Å². The van der Waals surface area contributed by atoms with Gasteiger partial charge in [0.15, 0.2) is 5.96 Å². The molecule has 3 heterocycles. The zero-order valence-corrected chi connectivity index (χ0v) is 43.5. The number of rotatable bonds is 8. The van der Waals surface area contributed by atoms with Gasteiger partial charge < -0.3 is 35.5 Å². The summed E-state index contributed by atoms with van der Waals surface area (Å²) in [7, 11) is 3.96. The van der Waals surface area contributed by atoms with Gasteiger partial charge in [-0.1, -0.05) is 95.3 Å². The highest BCUT2D eigenvalue weighted by Crippen LogP contribution is 2.70. The molecular formula is C60H79N3O5S2.